The maximum Gasteiger partial charge on any atom is 0.281 e. The average Bonchev–Trinajstić information content (AvgIpc) is 3.23. The number of nitro benzene ring substituents is 1. The lowest BCUT2D eigenvalue weighted by Gasteiger charge is -2.04. The highest BCUT2D eigenvalue weighted by atomic mass is 32.2. The van der Waals surface area contributed by atoms with Gasteiger partial charge in [-0.3, -0.25) is 10.1 Å². The molecule has 0 saturated carbocycles. The van der Waals surface area contributed by atoms with Crippen LogP contribution in [0.5, 0.6) is 0 Å². The van der Waals surface area contributed by atoms with E-state index in [1.165, 1.54) is 18.2 Å². The fourth-order valence-corrected chi connectivity index (χ4v) is 2.98. The molecule has 2 aromatic heterocycles. The van der Waals surface area contributed by atoms with Gasteiger partial charge in [-0.1, -0.05) is 0 Å². The van der Waals surface area contributed by atoms with E-state index < -0.39 is 10.9 Å². The first-order valence-electron chi connectivity index (χ1n) is 7.60. The van der Waals surface area contributed by atoms with E-state index in [1.807, 2.05) is 0 Å². The summed E-state index contributed by atoms with van der Waals surface area (Å²) in [6.45, 7) is 3.31. The van der Waals surface area contributed by atoms with E-state index in [2.05, 4.69) is 10.2 Å². The number of carboxylic acids is 1. The third-order valence-corrected chi connectivity index (χ3v) is 4.34. The van der Waals surface area contributed by atoms with Crippen LogP contribution in [0.15, 0.2) is 49.3 Å². The van der Waals surface area contributed by atoms with Gasteiger partial charge in [0.25, 0.3) is 10.9 Å². The van der Waals surface area contributed by atoms with Crippen molar-refractivity contribution in [3.8, 4) is 11.3 Å². The first-order chi connectivity index (χ1) is 12.8. The number of nitrogens with zero attached hydrogens (tertiary/aromatic N) is 3. The topological polar surface area (TPSA) is 135 Å². The Hall–Kier alpha value is -3.40. The quantitative estimate of drug-likeness (QED) is 0.271. The van der Waals surface area contributed by atoms with E-state index in [-0.39, 0.29) is 21.6 Å². The number of non-ortho nitro benzene ring substituents is 1. The molecule has 0 fully saturated rings. The summed E-state index contributed by atoms with van der Waals surface area (Å²) in [6.07, 6.45) is 1.28. The fourth-order valence-electron chi connectivity index (χ4n) is 2.29. The SMILES string of the molecule is Cc1nnc(S/C(=C/c2ccc(-c3ccc([N+](=O)[O-])cc3C)o2)C(=O)[O-])o1. The van der Waals surface area contributed by atoms with Gasteiger partial charge in [-0.2, -0.15) is 0 Å². The number of thioether (sulfide) groups is 1. The molecule has 3 rings (SSSR count). The molecule has 10 heteroatoms. The first-order valence-corrected chi connectivity index (χ1v) is 8.41. The lowest BCUT2D eigenvalue weighted by Crippen LogP contribution is -2.22. The van der Waals surface area contributed by atoms with Crippen molar-refractivity contribution in [1.29, 1.82) is 0 Å². The number of carbonyl (C=O) groups excluding carboxylic acids is 1. The second-order valence-electron chi connectivity index (χ2n) is 5.44. The summed E-state index contributed by atoms with van der Waals surface area (Å²) < 4.78 is 10.8. The van der Waals surface area contributed by atoms with E-state index >= 15 is 0 Å². The van der Waals surface area contributed by atoms with Crippen LogP contribution in [0.25, 0.3) is 17.4 Å². The van der Waals surface area contributed by atoms with E-state index in [1.54, 1.807) is 32.0 Å². The van der Waals surface area contributed by atoms with Gasteiger partial charge in [-0.25, -0.2) is 0 Å². The van der Waals surface area contributed by atoms with Crippen LogP contribution in [0.1, 0.15) is 17.2 Å². The summed E-state index contributed by atoms with van der Waals surface area (Å²) in [5.41, 5.74) is 1.30. The maximum absolute atomic E-state index is 11.4. The molecule has 0 unspecified atom stereocenters. The van der Waals surface area contributed by atoms with Gasteiger partial charge in [0.1, 0.15) is 11.5 Å². The molecule has 2 heterocycles. The van der Waals surface area contributed by atoms with Gasteiger partial charge >= 0.3 is 0 Å². The summed E-state index contributed by atoms with van der Waals surface area (Å²) >= 11 is 0.750. The van der Waals surface area contributed by atoms with Crippen molar-refractivity contribution in [2.45, 2.75) is 19.1 Å². The molecule has 0 amide bonds. The highest BCUT2D eigenvalue weighted by molar-refractivity contribution is 8.03. The number of hydrogen-bond acceptors (Lipinski definition) is 9. The molecule has 0 N–H and O–H groups in total. The molecule has 0 spiro atoms. The normalized spacial score (nSPS) is 11.6. The summed E-state index contributed by atoms with van der Waals surface area (Å²) in [5, 5.41) is 29.6. The highest BCUT2D eigenvalue weighted by Crippen LogP contribution is 2.31. The fraction of sp³-hybridized carbons (Fsp3) is 0.118. The predicted molar refractivity (Wildman–Crippen MR) is 93.4 cm³/mol. The molecular formula is C17H12N3O6S-. The van der Waals surface area contributed by atoms with Crippen LogP contribution in [0.2, 0.25) is 0 Å². The van der Waals surface area contributed by atoms with Crippen molar-refractivity contribution in [2.75, 3.05) is 0 Å². The number of aromatic nitrogens is 2. The molecule has 138 valence electrons. The Balaban J connectivity index is 1.88. The standard InChI is InChI=1S/C17H13N3O6S/c1-9-7-11(20(23)24)3-5-13(9)14-6-4-12(26-14)8-15(16(21)22)27-17-19-18-10(2)25-17/h3-8H,1-2H3,(H,21,22)/p-1/b15-8+. The first kappa shape index (κ1) is 18.4. The Morgan fingerprint density at radius 1 is 1.19 bits per heavy atom. The van der Waals surface area contributed by atoms with Crippen LogP contribution in [0.3, 0.4) is 0 Å². The summed E-state index contributed by atoms with van der Waals surface area (Å²) in [6, 6.07) is 7.62. The second-order valence-corrected chi connectivity index (χ2v) is 6.44. The molecule has 0 aliphatic heterocycles. The minimum atomic E-state index is -1.42. The smallest absolute Gasteiger partial charge is 0.281 e. The Bertz CT molecular complexity index is 1050. The van der Waals surface area contributed by atoms with E-state index in [4.69, 9.17) is 8.83 Å². The number of benzene rings is 1. The zero-order valence-electron chi connectivity index (χ0n) is 14.2. The number of carboxylic acid groups (broad SMARTS) is 1. The predicted octanol–water partition coefficient (Wildman–Crippen LogP) is 2.74. The minimum Gasteiger partial charge on any atom is -0.544 e. The largest absolute Gasteiger partial charge is 0.544 e. The van der Waals surface area contributed by atoms with Gasteiger partial charge < -0.3 is 18.7 Å². The minimum absolute atomic E-state index is 0.0200. The van der Waals surface area contributed by atoms with Crippen LogP contribution < -0.4 is 5.11 Å². The maximum atomic E-state index is 11.4. The van der Waals surface area contributed by atoms with Gasteiger partial charge in [0, 0.05) is 29.5 Å². The van der Waals surface area contributed by atoms with Crippen molar-refractivity contribution < 1.29 is 23.7 Å². The van der Waals surface area contributed by atoms with Crippen molar-refractivity contribution in [2.24, 2.45) is 0 Å². The van der Waals surface area contributed by atoms with Crippen LogP contribution in [0, 0.1) is 24.0 Å². The van der Waals surface area contributed by atoms with Crippen molar-refractivity contribution >= 4 is 29.5 Å². The molecule has 9 nitrogen and oxygen atoms in total. The third-order valence-electron chi connectivity index (χ3n) is 3.49. The number of aryl methyl sites for hydroxylation is 2. The molecule has 27 heavy (non-hydrogen) atoms. The molecule has 0 atom stereocenters. The molecular weight excluding hydrogens is 374 g/mol. The lowest BCUT2D eigenvalue weighted by atomic mass is 10.1. The van der Waals surface area contributed by atoms with Crippen LogP contribution in [-0.4, -0.2) is 21.1 Å². The summed E-state index contributed by atoms with van der Waals surface area (Å²) in [5.74, 6) is -0.389. The molecule has 3 aromatic rings. The monoisotopic (exact) mass is 386 g/mol. The Labute approximate surface area is 156 Å². The van der Waals surface area contributed by atoms with E-state index in [0.29, 0.717) is 22.8 Å². The van der Waals surface area contributed by atoms with Gasteiger partial charge in [0.15, 0.2) is 0 Å². The summed E-state index contributed by atoms with van der Waals surface area (Å²) in [4.78, 5) is 21.5. The molecule has 0 aliphatic rings. The number of rotatable bonds is 6. The van der Waals surface area contributed by atoms with Crippen molar-refractivity contribution in [3.63, 3.8) is 0 Å². The van der Waals surface area contributed by atoms with Gasteiger partial charge in [-0.05, 0) is 48.5 Å². The van der Waals surface area contributed by atoms with Gasteiger partial charge in [0.2, 0.25) is 5.89 Å². The number of nitro groups is 1. The second kappa shape index (κ2) is 7.46. The van der Waals surface area contributed by atoms with Gasteiger partial charge in [-0.15, -0.1) is 10.2 Å². The number of aliphatic carboxylic acids is 1. The Morgan fingerprint density at radius 2 is 1.96 bits per heavy atom. The molecule has 1 aromatic carbocycles. The third kappa shape index (κ3) is 4.23. The zero-order valence-corrected chi connectivity index (χ0v) is 15.0. The number of hydrogen-bond donors (Lipinski definition) is 0. The Morgan fingerprint density at radius 3 is 2.56 bits per heavy atom. The van der Waals surface area contributed by atoms with Crippen molar-refractivity contribution in [1.82, 2.24) is 10.2 Å². The number of furan rings is 1. The number of carbonyl (C=O) groups is 1. The average molecular weight is 386 g/mol. The summed E-state index contributed by atoms with van der Waals surface area (Å²) in [7, 11) is 0. The van der Waals surface area contributed by atoms with Crippen molar-refractivity contribution in [3.05, 3.63) is 62.6 Å². The molecule has 0 bridgehead atoms. The zero-order chi connectivity index (χ0) is 19.6. The van der Waals surface area contributed by atoms with Gasteiger partial charge in [0.05, 0.1) is 10.9 Å². The van der Waals surface area contributed by atoms with Crippen LogP contribution >= 0.6 is 11.8 Å². The molecule has 0 saturated heterocycles. The van der Waals surface area contributed by atoms with Crippen LogP contribution in [-0.2, 0) is 4.79 Å². The highest BCUT2D eigenvalue weighted by Gasteiger charge is 2.13. The Kier molecular flexibility index (Phi) is 5.08. The van der Waals surface area contributed by atoms with E-state index in [9.17, 15) is 20.0 Å². The molecule has 0 radical (unpaired) electrons. The lowest BCUT2D eigenvalue weighted by molar-refractivity contribution is -0.384. The van der Waals surface area contributed by atoms with Crippen LogP contribution in [0.4, 0.5) is 5.69 Å². The van der Waals surface area contributed by atoms with E-state index in [0.717, 1.165) is 11.8 Å². The molecule has 0 aliphatic carbocycles.